The molecule has 7 nitrogen and oxygen atoms in total. The van der Waals surface area contributed by atoms with Crippen molar-refractivity contribution in [1.82, 2.24) is 15.1 Å². The van der Waals surface area contributed by atoms with E-state index in [4.69, 9.17) is 0 Å². The van der Waals surface area contributed by atoms with Crippen molar-refractivity contribution in [2.45, 2.75) is 142 Å². The first kappa shape index (κ1) is 36.9. The lowest BCUT2D eigenvalue weighted by Crippen LogP contribution is -2.40. The Morgan fingerprint density at radius 3 is 1.33 bits per heavy atom. The molecular formula is C36H61N3O4. The smallest absolute Gasteiger partial charge is 0.233 e. The van der Waals surface area contributed by atoms with Crippen molar-refractivity contribution < 1.29 is 19.2 Å². The van der Waals surface area contributed by atoms with Gasteiger partial charge in [-0.25, -0.2) is 0 Å². The van der Waals surface area contributed by atoms with Crippen LogP contribution in [0.2, 0.25) is 0 Å². The maximum absolute atomic E-state index is 12.8. The Hall–Kier alpha value is -2.28. The summed E-state index contributed by atoms with van der Waals surface area (Å²) in [6.45, 7) is 6.03. The fourth-order valence-corrected chi connectivity index (χ4v) is 6.04. The fourth-order valence-electron chi connectivity index (χ4n) is 6.04. The molecule has 244 valence electrons. The molecule has 2 rings (SSSR count). The van der Waals surface area contributed by atoms with Crippen molar-refractivity contribution in [2.24, 2.45) is 11.8 Å². The maximum Gasteiger partial charge on any atom is 0.233 e. The first-order valence-electron chi connectivity index (χ1n) is 17.7. The molecule has 7 heteroatoms. The predicted molar refractivity (Wildman–Crippen MR) is 175 cm³/mol. The zero-order valence-electron chi connectivity index (χ0n) is 27.5. The van der Waals surface area contributed by atoms with Gasteiger partial charge in [0.25, 0.3) is 0 Å². The van der Waals surface area contributed by atoms with Gasteiger partial charge < -0.3 is 5.32 Å². The van der Waals surface area contributed by atoms with E-state index in [0.717, 1.165) is 12.8 Å². The summed E-state index contributed by atoms with van der Waals surface area (Å²) in [5.74, 6) is -0.881. The Balaban J connectivity index is 1.54. The Labute approximate surface area is 262 Å². The number of unbranched alkanes of at least 4 members (excludes halogenated alkanes) is 14. The average molecular weight is 600 g/mol. The number of allylic oxidation sites excluding steroid dienone is 4. The van der Waals surface area contributed by atoms with E-state index < -0.39 is 0 Å². The summed E-state index contributed by atoms with van der Waals surface area (Å²) in [6.07, 6.45) is 30.4. The molecule has 2 saturated heterocycles. The minimum Gasteiger partial charge on any atom is -0.313 e. The van der Waals surface area contributed by atoms with E-state index in [1.54, 1.807) is 0 Å². The van der Waals surface area contributed by atoms with Crippen molar-refractivity contribution in [3.63, 3.8) is 0 Å². The molecule has 4 amide bonds. The van der Waals surface area contributed by atoms with Crippen LogP contribution in [-0.2, 0) is 19.2 Å². The van der Waals surface area contributed by atoms with Crippen LogP contribution in [0.25, 0.3) is 0 Å². The van der Waals surface area contributed by atoms with Crippen LogP contribution in [0.1, 0.15) is 142 Å². The van der Waals surface area contributed by atoms with Crippen molar-refractivity contribution >= 4 is 23.6 Å². The molecule has 2 heterocycles. The third-order valence-corrected chi connectivity index (χ3v) is 8.82. The van der Waals surface area contributed by atoms with E-state index in [1.165, 1.54) is 99.7 Å². The lowest BCUT2D eigenvalue weighted by atomic mass is 10.0. The predicted octanol–water partition coefficient (Wildman–Crippen LogP) is 7.50. The number of carbonyl (C=O) groups is 4. The summed E-state index contributed by atoms with van der Waals surface area (Å²) in [5, 5.41) is 3.21. The van der Waals surface area contributed by atoms with E-state index in [1.807, 2.05) is 0 Å². The number of nitrogens with one attached hydrogen (secondary N) is 1. The summed E-state index contributed by atoms with van der Waals surface area (Å²) in [4.78, 5) is 53.1. The molecule has 2 aliphatic heterocycles. The number of hydrogen-bond acceptors (Lipinski definition) is 5. The zero-order chi connectivity index (χ0) is 31.1. The quantitative estimate of drug-likeness (QED) is 0.0632. The first-order valence-corrected chi connectivity index (χ1v) is 17.7. The standard InChI is InChI=1S/C36H61N3O4/c1-3-5-7-9-11-13-15-17-19-21-23-31-29-33(40)38(35(31)42)27-25-37-26-28-39-34(41)30-32(36(39)43)24-22-20-18-16-14-12-10-8-6-4-2/h19-22,31-32,37H,3-18,23-30H2,1-2H3/b21-19+,22-20+. The molecule has 0 aromatic carbocycles. The number of hydrogen-bond donors (Lipinski definition) is 1. The number of nitrogens with zero attached hydrogens (tertiary/aromatic N) is 2. The summed E-state index contributed by atoms with van der Waals surface area (Å²) < 4.78 is 0. The minimum absolute atomic E-state index is 0.0832. The molecular weight excluding hydrogens is 538 g/mol. The Morgan fingerprint density at radius 2 is 0.930 bits per heavy atom. The highest BCUT2D eigenvalue weighted by Gasteiger charge is 2.38. The van der Waals surface area contributed by atoms with Crippen molar-refractivity contribution in [3.8, 4) is 0 Å². The highest BCUT2D eigenvalue weighted by molar-refractivity contribution is 6.04. The van der Waals surface area contributed by atoms with Gasteiger partial charge in [-0.15, -0.1) is 0 Å². The summed E-state index contributed by atoms with van der Waals surface area (Å²) in [7, 11) is 0. The number of imide groups is 2. The average Bonchev–Trinajstić information content (AvgIpc) is 3.42. The molecule has 0 bridgehead atoms. The van der Waals surface area contributed by atoms with Crippen LogP contribution in [0.15, 0.2) is 24.3 Å². The fraction of sp³-hybridized carbons (Fsp3) is 0.778. The minimum atomic E-state index is -0.251. The number of carbonyl (C=O) groups excluding carboxylic acids is 4. The number of likely N-dealkylation sites (tertiary alicyclic amines) is 2. The third kappa shape index (κ3) is 14.8. The molecule has 1 N–H and O–H groups in total. The van der Waals surface area contributed by atoms with Crippen LogP contribution in [0.5, 0.6) is 0 Å². The second-order valence-corrected chi connectivity index (χ2v) is 12.6. The van der Waals surface area contributed by atoms with Gasteiger partial charge in [0.2, 0.25) is 23.6 Å². The van der Waals surface area contributed by atoms with Crippen LogP contribution in [0.4, 0.5) is 0 Å². The van der Waals surface area contributed by atoms with E-state index >= 15 is 0 Å². The molecule has 0 saturated carbocycles. The molecule has 0 aromatic heterocycles. The number of amides is 4. The largest absolute Gasteiger partial charge is 0.313 e. The van der Waals surface area contributed by atoms with E-state index in [-0.39, 0.29) is 48.3 Å². The van der Waals surface area contributed by atoms with Gasteiger partial charge in [0.15, 0.2) is 0 Å². The molecule has 0 spiro atoms. The summed E-state index contributed by atoms with van der Waals surface area (Å²) in [6, 6.07) is 0. The van der Waals surface area contributed by atoms with Gasteiger partial charge in [-0.1, -0.05) is 115 Å². The summed E-state index contributed by atoms with van der Waals surface area (Å²) >= 11 is 0. The van der Waals surface area contributed by atoms with Crippen LogP contribution in [0, 0.1) is 11.8 Å². The maximum atomic E-state index is 12.8. The Kier molecular flexibility index (Phi) is 19.9. The molecule has 43 heavy (non-hydrogen) atoms. The van der Waals surface area contributed by atoms with E-state index in [9.17, 15) is 19.2 Å². The number of rotatable bonds is 26. The highest BCUT2D eigenvalue weighted by atomic mass is 16.2. The second kappa shape index (κ2) is 23.1. The molecule has 0 aromatic rings. The Bertz CT molecular complexity index is 814. The zero-order valence-corrected chi connectivity index (χ0v) is 27.5. The normalized spacial score (nSPS) is 19.4. The van der Waals surface area contributed by atoms with Gasteiger partial charge in [-0.2, -0.15) is 0 Å². The van der Waals surface area contributed by atoms with Crippen LogP contribution < -0.4 is 5.32 Å². The topological polar surface area (TPSA) is 86.8 Å². The van der Waals surface area contributed by atoms with Crippen LogP contribution in [-0.4, -0.2) is 59.6 Å². The second-order valence-electron chi connectivity index (χ2n) is 12.6. The Morgan fingerprint density at radius 1 is 0.558 bits per heavy atom. The first-order chi connectivity index (χ1) is 21.0. The summed E-state index contributed by atoms with van der Waals surface area (Å²) in [5.41, 5.74) is 0. The van der Waals surface area contributed by atoms with Gasteiger partial charge in [0, 0.05) is 39.0 Å². The molecule has 2 fully saturated rings. The van der Waals surface area contributed by atoms with Gasteiger partial charge in [0.05, 0.1) is 11.8 Å². The van der Waals surface area contributed by atoms with Crippen LogP contribution in [0.3, 0.4) is 0 Å². The van der Waals surface area contributed by atoms with E-state index in [2.05, 4.69) is 43.5 Å². The molecule has 0 aliphatic carbocycles. The van der Waals surface area contributed by atoms with Gasteiger partial charge in [-0.05, 0) is 38.5 Å². The molecule has 2 atom stereocenters. The lowest BCUT2D eigenvalue weighted by Gasteiger charge is -2.17. The lowest BCUT2D eigenvalue weighted by molar-refractivity contribution is -0.140. The molecule has 2 unspecified atom stereocenters. The van der Waals surface area contributed by atoms with Gasteiger partial charge >= 0.3 is 0 Å². The van der Waals surface area contributed by atoms with Crippen molar-refractivity contribution in [3.05, 3.63) is 24.3 Å². The van der Waals surface area contributed by atoms with Gasteiger partial charge in [-0.3, -0.25) is 29.0 Å². The monoisotopic (exact) mass is 599 g/mol. The van der Waals surface area contributed by atoms with Crippen molar-refractivity contribution in [1.29, 1.82) is 0 Å². The highest BCUT2D eigenvalue weighted by Crippen LogP contribution is 2.24. The molecule has 0 radical (unpaired) electrons. The van der Waals surface area contributed by atoms with Gasteiger partial charge in [0.1, 0.15) is 0 Å². The van der Waals surface area contributed by atoms with Crippen LogP contribution >= 0.6 is 0 Å². The SMILES string of the molecule is CCCCCCCCC/C=C/CC1CC(=O)N(CCNCCN2C(=O)CC(C/C=C/CCCCCCCCC)C2=O)C1=O. The van der Waals surface area contributed by atoms with Crippen molar-refractivity contribution in [2.75, 3.05) is 26.2 Å². The van der Waals surface area contributed by atoms with E-state index in [0.29, 0.717) is 39.0 Å². The molecule has 2 aliphatic rings. The third-order valence-electron chi connectivity index (χ3n) is 8.82.